The van der Waals surface area contributed by atoms with Crippen molar-refractivity contribution in [1.82, 2.24) is 10.2 Å². The lowest BCUT2D eigenvalue weighted by Crippen LogP contribution is -2.35. The molecule has 1 saturated carbocycles. The summed E-state index contributed by atoms with van der Waals surface area (Å²) in [6.07, 6.45) is 5.54. The van der Waals surface area contributed by atoms with E-state index in [-0.39, 0.29) is 6.61 Å². The lowest BCUT2D eigenvalue weighted by atomic mass is 9.84. The first kappa shape index (κ1) is 15.1. The second kappa shape index (κ2) is 7.47. The largest absolute Gasteiger partial charge is 0.384 e. The molecule has 0 aromatic carbocycles. The number of rotatable bonds is 3. The number of anilines is 1. The Hall–Kier alpha value is -1.31. The Kier molecular flexibility index (Phi) is 5.63. The average molecular weight is 294 g/mol. The molecule has 0 unspecified atom stereocenters. The fraction of sp³-hybridized carbons (Fsp3) is 0.600. The zero-order valence-corrected chi connectivity index (χ0v) is 12.5. The van der Waals surface area contributed by atoms with E-state index >= 15 is 0 Å². The molecule has 2 rings (SSSR count). The standard InChI is InChI=1S/C15H20ClN3O/c1-19(15-10-9-14(16)17-18-15)13-7-5-12(6-8-13)4-2-3-11-20/h9-10,12-13,20H,4-8,11H2,1H3/t12-,13-. The van der Waals surface area contributed by atoms with Crippen LogP contribution in [0, 0.1) is 17.8 Å². The van der Waals surface area contributed by atoms with Gasteiger partial charge in [0.05, 0.1) is 0 Å². The molecule has 1 aromatic rings. The van der Waals surface area contributed by atoms with Crippen molar-refractivity contribution in [2.24, 2.45) is 5.92 Å². The molecule has 1 fully saturated rings. The van der Waals surface area contributed by atoms with Gasteiger partial charge in [-0.3, -0.25) is 0 Å². The van der Waals surface area contributed by atoms with Gasteiger partial charge in [-0.15, -0.1) is 16.1 Å². The lowest BCUT2D eigenvalue weighted by molar-refractivity contribution is 0.323. The van der Waals surface area contributed by atoms with Crippen molar-refractivity contribution in [3.05, 3.63) is 17.3 Å². The van der Waals surface area contributed by atoms with Gasteiger partial charge in [0.25, 0.3) is 0 Å². The van der Waals surface area contributed by atoms with Crippen molar-refractivity contribution in [3.8, 4) is 11.8 Å². The molecule has 0 radical (unpaired) electrons. The summed E-state index contributed by atoms with van der Waals surface area (Å²) >= 11 is 5.76. The quantitative estimate of drug-likeness (QED) is 0.870. The minimum absolute atomic E-state index is 0.0344. The third-order valence-corrected chi connectivity index (χ3v) is 4.14. The van der Waals surface area contributed by atoms with Crippen molar-refractivity contribution in [2.75, 3.05) is 18.6 Å². The van der Waals surface area contributed by atoms with E-state index in [2.05, 4.69) is 34.0 Å². The molecule has 1 heterocycles. The maximum absolute atomic E-state index is 8.65. The van der Waals surface area contributed by atoms with Crippen LogP contribution in [0.15, 0.2) is 12.1 Å². The minimum Gasteiger partial charge on any atom is -0.384 e. The van der Waals surface area contributed by atoms with E-state index < -0.39 is 0 Å². The number of hydrogen-bond donors (Lipinski definition) is 1. The van der Waals surface area contributed by atoms with Gasteiger partial charge in [0.2, 0.25) is 0 Å². The molecule has 1 aromatic heterocycles. The fourth-order valence-electron chi connectivity index (χ4n) is 2.69. The third-order valence-electron chi connectivity index (χ3n) is 3.94. The predicted molar refractivity (Wildman–Crippen MR) is 80.7 cm³/mol. The number of hydrogen-bond acceptors (Lipinski definition) is 4. The molecule has 1 aliphatic carbocycles. The molecule has 0 atom stereocenters. The average Bonchev–Trinajstić information content (AvgIpc) is 2.48. The Morgan fingerprint density at radius 3 is 2.60 bits per heavy atom. The van der Waals surface area contributed by atoms with Gasteiger partial charge in [0.15, 0.2) is 11.0 Å². The molecule has 20 heavy (non-hydrogen) atoms. The van der Waals surface area contributed by atoms with E-state index in [0.29, 0.717) is 17.1 Å². The Labute approximate surface area is 125 Å². The molecule has 1 aliphatic rings. The van der Waals surface area contributed by atoms with Gasteiger partial charge in [-0.05, 0) is 43.7 Å². The van der Waals surface area contributed by atoms with Gasteiger partial charge in [0, 0.05) is 19.5 Å². The first-order chi connectivity index (χ1) is 9.70. The summed E-state index contributed by atoms with van der Waals surface area (Å²) in [5.74, 6) is 7.30. The highest BCUT2D eigenvalue weighted by Gasteiger charge is 2.24. The molecule has 0 aliphatic heterocycles. The Morgan fingerprint density at radius 1 is 1.25 bits per heavy atom. The van der Waals surface area contributed by atoms with Gasteiger partial charge in [0.1, 0.15) is 6.61 Å². The number of aliphatic hydroxyl groups is 1. The minimum atomic E-state index is -0.0344. The topological polar surface area (TPSA) is 49.2 Å². The highest BCUT2D eigenvalue weighted by atomic mass is 35.5. The fourth-order valence-corrected chi connectivity index (χ4v) is 2.79. The first-order valence-electron chi connectivity index (χ1n) is 6.99. The van der Waals surface area contributed by atoms with E-state index in [9.17, 15) is 0 Å². The van der Waals surface area contributed by atoms with Crippen LogP contribution in [0.3, 0.4) is 0 Å². The summed E-state index contributed by atoms with van der Waals surface area (Å²) in [5, 5.41) is 17.1. The molecule has 108 valence electrons. The Balaban J connectivity index is 1.85. The highest BCUT2D eigenvalue weighted by molar-refractivity contribution is 6.29. The van der Waals surface area contributed by atoms with E-state index in [1.807, 2.05) is 6.07 Å². The van der Waals surface area contributed by atoms with Gasteiger partial charge < -0.3 is 10.0 Å². The summed E-state index contributed by atoms with van der Waals surface area (Å²) in [5.41, 5.74) is 0. The predicted octanol–water partition coefficient (Wildman–Crippen LogP) is 2.51. The molecule has 0 saturated heterocycles. The SMILES string of the molecule is CN(c1ccc(Cl)nn1)[C@H]1CC[C@H](CC#CCO)CC1. The molecule has 1 N–H and O–H groups in total. The van der Waals surface area contributed by atoms with E-state index in [1.54, 1.807) is 6.07 Å². The molecule has 5 heteroatoms. The lowest BCUT2D eigenvalue weighted by Gasteiger charge is -2.34. The number of nitrogens with zero attached hydrogens (tertiary/aromatic N) is 3. The molecule has 0 amide bonds. The highest BCUT2D eigenvalue weighted by Crippen LogP contribution is 2.30. The van der Waals surface area contributed by atoms with Crippen LogP contribution in [-0.4, -0.2) is 35.0 Å². The summed E-state index contributed by atoms with van der Waals surface area (Å²) < 4.78 is 0. The molecular weight excluding hydrogens is 274 g/mol. The smallest absolute Gasteiger partial charge is 0.151 e. The summed E-state index contributed by atoms with van der Waals surface area (Å²) in [6.45, 7) is -0.0344. The maximum atomic E-state index is 8.65. The summed E-state index contributed by atoms with van der Waals surface area (Å²) in [7, 11) is 2.06. The van der Waals surface area contributed by atoms with E-state index in [4.69, 9.17) is 16.7 Å². The van der Waals surface area contributed by atoms with E-state index in [1.165, 1.54) is 12.8 Å². The second-order valence-electron chi connectivity index (χ2n) is 5.22. The van der Waals surface area contributed by atoms with Crippen molar-refractivity contribution in [1.29, 1.82) is 0 Å². The van der Waals surface area contributed by atoms with Crippen LogP contribution in [-0.2, 0) is 0 Å². The van der Waals surface area contributed by atoms with Crippen LogP contribution in [0.4, 0.5) is 5.82 Å². The monoisotopic (exact) mass is 293 g/mol. The summed E-state index contributed by atoms with van der Waals surface area (Å²) in [4.78, 5) is 2.19. The first-order valence-corrected chi connectivity index (χ1v) is 7.37. The zero-order valence-electron chi connectivity index (χ0n) is 11.7. The Morgan fingerprint density at radius 2 is 2.00 bits per heavy atom. The second-order valence-corrected chi connectivity index (χ2v) is 5.60. The van der Waals surface area contributed by atoms with Crippen LogP contribution in [0.2, 0.25) is 5.15 Å². The zero-order chi connectivity index (χ0) is 14.4. The van der Waals surface area contributed by atoms with Crippen LogP contribution >= 0.6 is 11.6 Å². The number of aliphatic hydroxyl groups excluding tert-OH is 1. The normalized spacial score (nSPS) is 21.9. The summed E-state index contributed by atoms with van der Waals surface area (Å²) in [6, 6.07) is 4.19. The molecule has 0 bridgehead atoms. The Bertz CT molecular complexity index is 472. The third kappa shape index (κ3) is 4.09. The van der Waals surface area contributed by atoms with Crippen LogP contribution in [0.1, 0.15) is 32.1 Å². The van der Waals surface area contributed by atoms with Crippen molar-refractivity contribution in [2.45, 2.75) is 38.1 Å². The van der Waals surface area contributed by atoms with E-state index in [0.717, 1.165) is 25.1 Å². The van der Waals surface area contributed by atoms with Crippen LogP contribution in [0.5, 0.6) is 0 Å². The number of halogens is 1. The maximum Gasteiger partial charge on any atom is 0.151 e. The molecular formula is C15H20ClN3O. The van der Waals surface area contributed by atoms with Crippen molar-refractivity contribution in [3.63, 3.8) is 0 Å². The van der Waals surface area contributed by atoms with Gasteiger partial charge >= 0.3 is 0 Å². The van der Waals surface area contributed by atoms with Gasteiger partial charge in [-0.25, -0.2) is 0 Å². The van der Waals surface area contributed by atoms with Crippen molar-refractivity contribution < 1.29 is 5.11 Å². The van der Waals surface area contributed by atoms with Crippen LogP contribution < -0.4 is 4.90 Å². The van der Waals surface area contributed by atoms with Crippen molar-refractivity contribution >= 4 is 17.4 Å². The molecule has 0 spiro atoms. The molecule has 4 nitrogen and oxygen atoms in total. The van der Waals surface area contributed by atoms with Gasteiger partial charge in [-0.1, -0.05) is 17.5 Å². The number of aromatic nitrogens is 2. The van der Waals surface area contributed by atoms with Crippen LogP contribution in [0.25, 0.3) is 0 Å². The van der Waals surface area contributed by atoms with Gasteiger partial charge in [-0.2, -0.15) is 0 Å².